The van der Waals surface area contributed by atoms with E-state index in [1.807, 2.05) is 0 Å². The topological polar surface area (TPSA) is 105 Å². The van der Waals surface area contributed by atoms with Gasteiger partial charge in [0, 0.05) is 8.88 Å². The molecular weight excluding hydrogens is 177 g/mol. The molecule has 1 fully saturated rings. The van der Waals surface area contributed by atoms with E-state index in [2.05, 4.69) is 9.72 Å². The molecule has 9 heavy (non-hydrogen) atoms. The van der Waals surface area contributed by atoms with E-state index in [1.54, 1.807) is 0 Å². The van der Waals surface area contributed by atoms with Crippen molar-refractivity contribution in [2.75, 3.05) is 0 Å². The minimum Gasteiger partial charge on any atom is -0.284 e. The molecule has 0 aromatic rings. The number of hydrazine groups is 1. The fourth-order valence-electron chi connectivity index (χ4n) is 0.346. The van der Waals surface area contributed by atoms with Crippen LogP contribution in [0, 0.1) is 0 Å². The van der Waals surface area contributed by atoms with Gasteiger partial charge in [0.15, 0.2) is 0 Å². The highest BCUT2D eigenvalue weighted by Crippen LogP contribution is 2.47. The van der Waals surface area contributed by atoms with Gasteiger partial charge in [0.1, 0.15) is 16.7 Å². The molecule has 1 rings (SSSR count). The monoisotopic (exact) mass is 186 g/mol. The van der Waals surface area contributed by atoms with Gasteiger partial charge in [0.2, 0.25) is 0 Å². The Labute approximate surface area is 57.6 Å². The first-order chi connectivity index (χ1) is 4.22. The van der Waals surface area contributed by atoms with Gasteiger partial charge in [-0.2, -0.15) is 0 Å². The Kier molecular flexibility index (Phi) is 3.12. The van der Waals surface area contributed by atoms with Crippen LogP contribution >= 0.6 is 25.6 Å². The Morgan fingerprint density at radius 1 is 1.22 bits per heavy atom. The van der Waals surface area contributed by atoms with Gasteiger partial charge in [-0.3, -0.25) is 16.9 Å². The third-order valence-corrected chi connectivity index (χ3v) is 5.55. The maximum atomic E-state index is 5.53. The first kappa shape index (κ1) is 8.15. The van der Waals surface area contributed by atoms with Crippen molar-refractivity contribution < 1.29 is 0 Å². The summed E-state index contributed by atoms with van der Waals surface area (Å²) in [4.78, 5) is 5.92. The van der Waals surface area contributed by atoms with Gasteiger partial charge in [0.25, 0.3) is 0 Å². The van der Waals surface area contributed by atoms with Gasteiger partial charge in [-0.1, -0.05) is 0 Å². The molecular formula is H9N6P3. The lowest BCUT2D eigenvalue weighted by molar-refractivity contribution is 0.746. The Balaban J connectivity index is 2.41. The molecule has 0 bridgehead atoms. The highest BCUT2D eigenvalue weighted by molar-refractivity contribution is 7.76. The summed E-state index contributed by atoms with van der Waals surface area (Å²) in [7, 11) is -1.32. The third-order valence-electron chi connectivity index (χ3n) is 0.782. The molecule has 6 nitrogen and oxygen atoms in total. The van der Waals surface area contributed by atoms with E-state index in [4.69, 9.17) is 16.9 Å². The number of hydrogen-bond acceptors (Lipinski definition) is 6. The highest BCUT2D eigenvalue weighted by Gasteiger charge is 2.22. The lowest BCUT2D eigenvalue weighted by Gasteiger charge is -2.33. The van der Waals surface area contributed by atoms with Crippen molar-refractivity contribution in [3.8, 4) is 0 Å². The SMILES string of the molecule is NN1P(N)NPNP1N. The normalized spacial score (nSPS) is 41.7. The van der Waals surface area contributed by atoms with E-state index in [1.165, 1.54) is 4.55 Å². The van der Waals surface area contributed by atoms with Gasteiger partial charge in [-0.15, -0.1) is 4.55 Å². The first-order valence-electron chi connectivity index (χ1n) is 2.12. The molecule has 0 spiro atoms. The van der Waals surface area contributed by atoms with E-state index in [0.717, 1.165) is 0 Å². The summed E-state index contributed by atoms with van der Waals surface area (Å²) in [6.45, 7) is 0. The molecule has 2 unspecified atom stereocenters. The highest BCUT2D eigenvalue weighted by atomic mass is 31.3. The van der Waals surface area contributed by atoms with Crippen LogP contribution in [-0.4, -0.2) is 4.55 Å². The van der Waals surface area contributed by atoms with E-state index in [9.17, 15) is 0 Å². The molecule has 54 valence electrons. The summed E-state index contributed by atoms with van der Waals surface area (Å²) < 4.78 is 1.45. The quantitative estimate of drug-likeness (QED) is 0.251. The third kappa shape index (κ3) is 1.99. The van der Waals surface area contributed by atoms with Crippen LogP contribution < -0.4 is 26.6 Å². The van der Waals surface area contributed by atoms with E-state index >= 15 is 0 Å². The van der Waals surface area contributed by atoms with Crippen LogP contribution in [0.15, 0.2) is 0 Å². The van der Waals surface area contributed by atoms with Crippen LogP contribution in [0.1, 0.15) is 0 Å². The predicted molar refractivity (Wildman–Crippen MR) is 42.8 cm³/mol. The Morgan fingerprint density at radius 2 is 1.67 bits per heavy atom. The average molecular weight is 186 g/mol. The van der Waals surface area contributed by atoms with Crippen molar-refractivity contribution in [3.63, 3.8) is 0 Å². The van der Waals surface area contributed by atoms with Crippen molar-refractivity contribution in [2.24, 2.45) is 16.9 Å². The number of nitrogens with two attached hydrogens (primary N) is 3. The second-order valence-electron chi connectivity index (χ2n) is 1.36. The second-order valence-corrected chi connectivity index (χ2v) is 5.95. The predicted octanol–water partition coefficient (Wildman–Crippen LogP) is -0.765. The Hall–Kier alpha value is 1.05. The molecule has 0 saturated carbocycles. The molecule has 2 atom stereocenters. The standard InChI is InChI=1S/H9N6P3/c1-6-8(2)4-7-5-9(6)3/h4-5,7H,1-3H2. The van der Waals surface area contributed by atoms with Crippen LogP contribution in [0.3, 0.4) is 0 Å². The summed E-state index contributed by atoms with van der Waals surface area (Å²) in [5.41, 5.74) is 11.1. The van der Waals surface area contributed by atoms with Gasteiger partial charge in [0.05, 0.1) is 0 Å². The van der Waals surface area contributed by atoms with E-state index in [-0.39, 0.29) is 0 Å². The molecule has 1 aliphatic rings. The van der Waals surface area contributed by atoms with Gasteiger partial charge >= 0.3 is 0 Å². The molecule has 1 heterocycles. The number of hydrogen-bond donors (Lipinski definition) is 5. The van der Waals surface area contributed by atoms with Crippen LogP contribution in [0.4, 0.5) is 0 Å². The fourth-order valence-corrected chi connectivity index (χ4v) is 4.37. The molecule has 1 aliphatic heterocycles. The summed E-state index contributed by atoms with van der Waals surface area (Å²) in [6, 6.07) is 0. The number of rotatable bonds is 0. The molecule has 8 N–H and O–H groups in total. The minimum absolute atomic E-state index is 0.434. The Morgan fingerprint density at radius 3 is 2.00 bits per heavy atom. The first-order valence-corrected chi connectivity index (χ1v) is 5.85. The van der Waals surface area contributed by atoms with Crippen molar-refractivity contribution in [1.82, 2.24) is 14.3 Å². The largest absolute Gasteiger partial charge is 0.284 e. The average Bonchev–Trinajstić information content (AvgIpc) is 1.83. The van der Waals surface area contributed by atoms with Crippen LogP contribution in [0.5, 0.6) is 0 Å². The van der Waals surface area contributed by atoms with E-state index < -0.39 is 16.7 Å². The molecule has 1 saturated heterocycles. The van der Waals surface area contributed by atoms with Crippen LogP contribution in [0.2, 0.25) is 0 Å². The lowest BCUT2D eigenvalue weighted by Crippen LogP contribution is -2.37. The van der Waals surface area contributed by atoms with Crippen molar-refractivity contribution in [2.45, 2.75) is 0 Å². The molecule has 0 amide bonds. The van der Waals surface area contributed by atoms with Gasteiger partial charge < -0.3 is 0 Å². The second kappa shape index (κ2) is 3.44. The minimum atomic E-state index is -0.877. The van der Waals surface area contributed by atoms with Crippen molar-refractivity contribution in [1.29, 1.82) is 0 Å². The van der Waals surface area contributed by atoms with Crippen molar-refractivity contribution >= 4 is 25.6 Å². The molecule has 0 aromatic carbocycles. The molecule has 0 aromatic heterocycles. The maximum Gasteiger partial charge on any atom is 0.136 e. The summed E-state index contributed by atoms with van der Waals surface area (Å²) >= 11 is 0. The van der Waals surface area contributed by atoms with Crippen LogP contribution in [-0.2, 0) is 0 Å². The summed E-state index contributed by atoms with van der Waals surface area (Å²) in [5, 5.41) is 0. The zero-order valence-corrected chi connectivity index (χ0v) is 7.36. The Bertz CT molecular complexity index is 84.3. The van der Waals surface area contributed by atoms with Crippen LogP contribution in [0.25, 0.3) is 0 Å². The molecule has 0 radical (unpaired) electrons. The smallest absolute Gasteiger partial charge is 0.136 e. The zero-order valence-electron chi connectivity index (χ0n) is 4.57. The molecule has 0 aliphatic carbocycles. The van der Waals surface area contributed by atoms with E-state index in [0.29, 0.717) is 8.88 Å². The lowest BCUT2D eigenvalue weighted by atomic mass is 12.9. The van der Waals surface area contributed by atoms with Gasteiger partial charge in [-0.25, -0.2) is 9.72 Å². The fraction of sp³-hybridized carbons (Fsp3) is 0. The number of nitrogens with one attached hydrogen (secondary N) is 2. The maximum absolute atomic E-state index is 5.53. The number of nitrogens with zero attached hydrogens (tertiary/aromatic N) is 1. The molecule has 9 heteroatoms. The zero-order chi connectivity index (χ0) is 6.85. The van der Waals surface area contributed by atoms with Crippen molar-refractivity contribution in [3.05, 3.63) is 0 Å². The summed E-state index contributed by atoms with van der Waals surface area (Å²) in [6.07, 6.45) is 0. The summed E-state index contributed by atoms with van der Waals surface area (Å²) in [5.74, 6) is 5.44. The van der Waals surface area contributed by atoms with Gasteiger partial charge in [-0.05, 0) is 0 Å².